The molecule has 4 bridgehead atoms. The maximum absolute atomic E-state index is 13.3. The van der Waals surface area contributed by atoms with Crippen molar-refractivity contribution in [3.63, 3.8) is 0 Å². The van der Waals surface area contributed by atoms with Crippen molar-refractivity contribution in [2.24, 2.45) is 29.1 Å². The lowest BCUT2D eigenvalue weighted by atomic mass is 9.49. The smallest absolute Gasteiger partial charge is 0.329 e. The Bertz CT molecular complexity index is 624. The molecule has 0 unspecified atom stereocenters. The van der Waals surface area contributed by atoms with Crippen molar-refractivity contribution in [2.45, 2.75) is 51.0 Å². The third kappa shape index (κ3) is 3.86. The van der Waals surface area contributed by atoms with Crippen molar-refractivity contribution >= 4 is 23.8 Å². The molecule has 0 aromatic rings. The molecule has 0 spiro atoms. The summed E-state index contributed by atoms with van der Waals surface area (Å²) in [5.74, 6) is -1.99. The fraction of sp³-hybridized carbons (Fsp3) is 0.800. The minimum Gasteiger partial charge on any atom is -0.469 e. The van der Waals surface area contributed by atoms with Gasteiger partial charge in [0.05, 0.1) is 33.7 Å². The van der Waals surface area contributed by atoms with E-state index in [1.807, 2.05) is 0 Å². The van der Waals surface area contributed by atoms with Crippen LogP contribution in [0.15, 0.2) is 0 Å². The summed E-state index contributed by atoms with van der Waals surface area (Å²) in [6.07, 6.45) is 5.61. The highest BCUT2D eigenvalue weighted by molar-refractivity contribution is 5.93. The first kappa shape index (κ1) is 20.6. The SMILES string of the molecule is COC(=O)C[C@@H](C(=O)OC)[C@H](NC(=O)C12CC3CC(CC(C3)C1)C2)C(=O)OC. The zero-order chi connectivity index (χ0) is 20.5. The molecule has 1 N–H and O–H groups in total. The van der Waals surface area contributed by atoms with Crippen LogP contribution >= 0.6 is 0 Å². The van der Waals surface area contributed by atoms with Crippen molar-refractivity contribution in [3.05, 3.63) is 0 Å². The van der Waals surface area contributed by atoms with Gasteiger partial charge in [-0.05, 0) is 56.3 Å². The largest absolute Gasteiger partial charge is 0.469 e. The average molecular weight is 395 g/mol. The molecule has 4 fully saturated rings. The highest BCUT2D eigenvalue weighted by Crippen LogP contribution is 2.60. The third-order valence-corrected chi connectivity index (χ3v) is 6.78. The van der Waals surface area contributed by atoms with Crippen LogP contribution in [0.5, 0.6) is 0 Å². The molecule has 0 aromatic heterocycles. The van der Waals surface area contributed by atoms with Gasteiger partial charge in [-0.3, -0.25) is 14.4 Å². The van der Waals surface area contributed by atoms with E-state index in [1.165, 1.54) is 40.6 Å². The molecule has 0 radical (unpaired) electrons. The van der Waals surface area contributed by atoms with Crippen molar-refractivity contribution < 1.29 is 33.4 Å². The number of methoxy groups -OCH3 is 3. The predicted molar refractivity (Wildman–Crippen MR) is 96.7 cm³/mol. The second-order valence-electron chi connectivity index (χ2n) is 8.58. The van der Waals surface area contributed by atoms with E-state index >= 15 is 0 Å². The quantitative estimate of drug-likeness (QED) is 0.510. The van der Waals surface area contributed by atoms with Gasteiger partial charge in [-0.15, -0.1) is 0 Å². The minimum atomic E-state index is -1.29. The fourth-order valence-corrected chi connectivity index (χ4v) is 5.89. The van der Waals surface area contributed by atoms with E-state index in [0.717, 1.165) is 19.3 Å². The van der Waals surface area contributed by atoms with E-state index in [-0.39, 0.29) is 12.3 Å². The molecule has 4 aliphatic rings. The number of hydrogen-bond acceptors (Lipinski definition) is 7. The zero-order valence-electron chi connectivity index (χ0n) is 16.7. The number of carbonyl (C=O) groups excluding carboxylic acids is 4. The van der Waals surface area contributed by atoms with Gasteiger partial charge in [0.15, 0.2) is 0 Å². The van der Waals surface area contributed by atoms with Crippen molar-refractivity contribution in [2.75, 3.05) is 21.3 Å². The zero-order valence-corrected chi connectivity index (χ0v) is 16.7. The Kier molecular flexibility index (Phi) is 5.95. The summed E-state index contributed by atoms with van der Waals surface area (Å²) in [5, 5.41) is 2.75. The summed E-state index contributed by atoms with van der Waals surface area (Å²) >= 11 is 0. The number of esters is 3. The van der Waals surface area contributed by atoms with Crippen molar-refractivity contribution in [1.82, 2.24) is 5.32 Å². The Balaban J connectivity index is 1.81. The fourth-order valence-electron chi connectivity index (χ4n) is 5.89. The lowest BCUT2D eigenvalue weighted by Gasteiger charge is -2.55. The monoisotopic (exact) mass is 395 g/mol. The Morgan fingerprint density at radius 3 is 1.79 bits per heavy atom. The highest BCUT2D eigenvalue weighted by Gasteiger charge is 2.55. The van der Waals surface area contributed by atoms with Gasteiger partial charge < -0.3 is 19.5 Å². The molecular formula is C20H29NO7. The molecule has 0 aromatic carbocycles. The van der Waals surface area contributed by atoms with Crippen LogP contribution in [0.1, 0.15) is 44.9 Å². The number of hydrogen-bond donors (Lipinski definition) is 1. The lowest BCUT2D eigenvalue weighted by molar-refractivity contribution is -0.162. The number of nitrogens with one attached hydrogen (secondary N) is 1. The number of rotatable bonds is 7. The summed E-state index contributed by atoms with van der Waals surface area (Å²) in [6.45, 7) is 0. The van der Waals surface area contributed by atoms with Crippen LogP contribution in [0.3, 0.4) is 0 Å². The Hall–Kier alpha value is -2.12. The molecular weight excluding hydrogens is 366 g/mol. The summed E-state index contributed by atoms with van der Waals surface area (Å²) in [6, 6.07) is -1.29. The van der Waals surface area contributed by atoms with E-state index < -0.39 is 35.3 Å². The van der Waals surface area contributed by atoms with Gasteiger partial charge in [-0.25, -0.2) is 4.79 Å². The molecule has 8 nitrogen and oxygen atoms in total. The standard InChI is InChI=1S/C20H29NO7/c1-26-15(22)7-14(17(23)27-2)16(18(24)28-3)21-19(25)20-8-11-4-12(9-20)6-13(5-11)10-20/h11-14,16H,4-10H2,1-3H3,(H,21,25)/t11?,12?,13?,14-,16+,20?/m1/s1. The second kappa shape index (κ2) is 8.09. The normalized spacial score (nSPS) is 32.2. The minimum absolute atomic E-state index is 0.222. The van der Waals surface area contributed by atoms with Gasteiger partial charge in [0.2, 0.25) is 5.91 Å². The molecule has 2 atom stereocenters. The molecule has 0 heterocycles. The van der Waals surface area contributed by atoms with Gasteiger partial charge >= 0.3 is 17.9 Å². The van der Waals surface area contributed by atoms with Crippen molar-refractivity contribution in [3.8, 4) is 0 Å². The molecule has 28 heavy (non-hydrogen) atoms. The van der Waals surface area contributed by atoms with Gasteiger partial charge in [0.25, 0.3) is 0 Å². The first-order valence-corrected chi connectivity index (χ1v) is 9.85. The molecule has 4 rings (SSSR count). The van der Waals surface area contributed by atoms with Crippen LogP contribution in [0, 0.1) is 29.1 Å². The van der Waals surface area contributed by atoms with Crippen molar-refractivity contribution in [1.29, 1.82) is 0 Å². The van der Waals surface area contributed by atoms with Crippen LogP contribution in [0.2, 0.25) is 0 Å². The van der Waals surface area contributed by atoms with E-state index in [9.17, 15) is 19.2 Å². The van der Waals surface area contributed by atoms with Gasteiger partial charge in [0, 0.05) is 5.41 Å². The summed E-state index contributed by atoms with van der Waals surface area (Å²) < 4.78 is 14.2. The first-order valence-electron chi connectivity index (χ1n) is 9.85. The van der Waals surface area contributed by atoms with Crippen LogP contribution in [0.25, 0.3) is 0 Å². The molecule has 1 amide bonds. The van der Waals surface area contributed by atoms with Crippen LogP contribution < -0.4 is 5.32 Å². The predicted octanol–water partition coefficient (Wildman–Crippen LogP) is 1.21. The maximum atomic E-state index is 13.3. The third-order valence-electron chi connectivity index (χ3n) is 6.78. The average Bonchev–Trinajstić information content (AvgIpc) is 2.67. The molecule has 156 valence electrons. The van der Waals surface area contributed by atoms with Gasteiger partial charge in [0.1, 0.15) is 6.04 Å². The van der Waals surface area contributed by atoms with Crippen LogP contribution in [0.4, 0.5) is 0 Å². The number of ether oxygens (including phenoxy) is 3. The Morgan fingerprint density at radius 2 is 1.36 bits per heavy atom. The molecule has 8 heteroatoms. The molecule has 0 aliphatic heterocycles. The van der Waals surface area contributed by atoms with E-state index in [4.69, 9.17) is 9.47 Å². The van der Waals surface area contributed by atoms with Gasteiger partial charge in [-0.1, -0.05) is 0 Å². The summed E-state index contributed by atoms with van der Waals surface area (Å²) in [4.78, 5) is 49.8. The maximum Gasteiger partial charge on any atom is 0.329 e. The van der Waals surface area contributed by atoms with Crippen LogP contribution in [-0.4, -0.2) is 51.2 Å². The molecule has 4 aliphatic carbocycles. The highest BCUT2D eigenvalue weighted by atomic mass is 16.5. The Labute approximate surface area is 164 Å². The first-order chi connectivity index (χ1) is 13.3. The second-order valence-corrected chi connectivity index (χ2v) is 8.58. The molecule has 0 saturated heterocycles. The molecule has 4 saturated carbocycles. The number of amides is 1. The Morgan fingerprint density at radius 1 is 0.857 bits per heavy atom. The van der Waals surface area contributed by atoms with E-state index in [2.05, 4.69) is 10.1 Å². The van der Waals surface area contributed by atoms with E-state index in [1.54, 1.807) is 0 Å². The summed E-state index contributed by atoms with van der Waals surface area (Å²) in [7, 11) is 3.54. The lowest BCUT2D eigenvalue weighted by Crippen LogP contribution is -2.58. The van der Waals surface area contributed by atoms with E-state index in [0.29, 0.717) is 17.8 Å². The summed E-state index contributed by atoms with van der Waals surface area (Å²) in [5.41, 5.74) is -0.493. The topological polar surface area (TPSA) is 108 Å². The van der Waals surface area contributed by atoms with Gasteiger partial charge in [-0.2, -0.15) is 0 Å². The van der Waals surface area contributed by atoms with Crippen LogP contribution in [-0.2, 0) is 33.4 Å². The number of carbonyl (C=O) groups is 4.